The molecule has 16 heavy (non-hydrogen) atoms. The highest BCUT2D eigenvalue weighted by Gasteiger charge is 2.18. The molecule has 1 heterocycles. The van der Waals surface area contributed by atoms with Gasteiger partial charge >= 0.3 is 0 Å². The number of rotatable bonds is 3. The lowest BCUT2D eigenvalue weighted by Gasteiger charge is -2.14. The van der Waals surface area contributed by atoms with Gasteiger partial charge in [0.05, 0.1) is 25.5 Å². The van der Waals surface area contributed by atoms with Gasteiger partial charge in [-0.05, 0) is 25.0 Å². The van der Waals surface area contributed by atoms with Gasteiger partial charge in [-0.15, -0.1) is 0 Å². The van der Waals surface area contributed by atoms with Gasteiger partial charge < -0.3 is 9.47 Å². The Kier molecular flexibility index (Phi) is 3.25. The zero-order valence-corrected chi connectivity index (χ0v) is 9.23. The van der Waals surface area contributed by atoms with Crippen molar-refractivity contribution in [3.8, 4) is 5.75 Å². The van der Waals surface area contributed by atoms with Crippen LogP contribution in [0.2, 0.25) is 0 Å². The first kappa shape index (κ1) is 10.7. The average Bonchev–Trinajstić information content (AvgIpc) is 2.39. The lowest BCUT2D eigenvalue weighted by atomic mass is 9.99. The minimum atomic E-state index is -0.00264. The Morgan fingerprint density at radius 2 is 2.19 bits per heavy atom. The molecule has 0 unspecified atom stereocenters. The number of ketones is 1. The van der Waals surface area contributed by atoms with Crippen LogP contribution in [-0.2, 0) is 4.74 Å². The maximum absolute atomic E-state index is 12.2. The van der Waals surface area contributed by atoms with Crippen molar-refractivity contribution in [3.05, 3.63) is 41.7 Å². The van der Waals surface area contributed by atoms with Crippen LogP contribution < -0.4 is 4.74 Å². The van der Waals surface area contributed by atoms with Gasteiger partial charge in [0.15, 0.2) is 5.78 Å². The van der Waals surface area contributed by atoms with Crippen molar-refractivity contribution in [2.45, 2.75) is 12.8 Å². The molecule has 1 aliphatic heterocycles. The number of carbonyl (C=O) groups is 1. The Morgan fingerprint density at radius 1 is 1.38 bits per heavy atom. The number of carbonyl (C=O) groups excluding carboxylic acids is 1. The lowest BCUT2D eigenvalue weighted by Crippen LogP contribution is -2.10. The molecule has 0 atom stereocenters. The smallest absolute Gasteiger partial charge is 0.195 e. The van der Waals surface area contributed by atoms with Gasteiger partial charge in [0.2, 0.25) is 0 Å². The molecular formula is C13H14O3. The Morgan fingerprint density at radius 3 is 2.88 bits per heavy atom. The van der Waals surface area contributed by atoms with Gasteiger partial charge in [0.1, 0.15) is 5.75 Å². The molecule has 0 saturated carbocycles. The fourth-order valence-electron chi connectivity index (χ4n) is 1.74. The van der Waals surface area contributed by atoms with Crippen molar-refractivity contribution in [3.63, 3.8) is 0 Å². The number of para-hydroxylation sites is 1. The number of Topliss-reactive ketones (excluding diaryl/α,β-unsaturated/α-hetero) is 1. The molecule has 3 nitrogen and oxygen atoms in total. The van der Waals surface area contributed by atoms with Crippen molar-refractivity contribution >= 4 is 5.78 Å². The molecule has 1 aliphatic rings. The first-order valence-corrected chi connectivity index (χ1v) is 5.31. The summed E-state index contributed by atoms with van der Waals surface area (Å²) in [6, 6.07) is 7.25. The van der Waals surface area contributed by atoms with Crippen molar-refractivity contribution in [1.29, 1.82) is 0 Å². The van der Waals surface area contributed by atoms with E-state index in [4.69, 9.17) is 9.47 Å². The number of hydrogen-bond acceptors (Lipinski definition) is 3. The molecule has 0 bridgehead atoms. The Balaban J connectivity index is 2.29. The van der Waals surface area contributed by atoms with E-state index in [9.17, 15) is 4.79 Å². The van der Waals surface area contributed by atoms with E-state index in [-0.39, 0.29) is 5.78 Å². The molecule has 0 amide bonds. The van der Waals surface area contributed by atoms with Crippen LogP contribution in [0.5, 0.6) is 5.75 Å². The molecule has 3 heteroatoms. The van der Waals surface area contributed by atoms with Crippen LogP contribution in [0.15, 0.2) is 36.1 Å². The van der Waals surface area contributed by atoms with E-state index in [1.807, 2.05) is 12.1 Å². The number of hydrogen-bond donors (Lipinski definition) is 0. The highest BCUT2D eigenvalue weighted by molar-refractivity contribution is 6.10. The zero-order chi connectivity index (χ0) is 11.4. The third kappa shape index (κ3) is 2.08. The van der Waals surface area contributed by atoms with Gasteiger partial charge in [-0.1, -0.05) is 12.1 Å². The van der Waals surface area contributed by atoms with Crippen molar-refractivity contribution < 1.29 is 14.3 Å². The van der Waals surface area contributed by atoms with Crippen molar-refractivity contribution in [2.75, 3.05) is 13.7 Å². The molecule has 0 aromatic heterocycles. The Labute approximate surface area is 94.7 Å². The maximum Gasteiger partial charge on any atom is 0.195 e. The summed E-state index contributed by atoms with van der Waals surface area (Å²) in [6.45, 7) is 0.697. The van der Waals surface area contributed by atoms with Gasteiger partial charge in [-0.25, -0.2) is 0 Å². The van der Waals surface area contributed by atoms with Gasteiger partial charge in [0.25, 0.3) is 0 Å². The van der Waals surface area contributed by atoms with Crippen molar-refractivity contribution in [1.82, 2.24) is 0 Å². The number of allylic oxidation sites excluding steroid dienone is 1. The summed E-state index contributed by atoms with van der Waals surface area (Å²) < 4.78 is 10.3. The minimum absolute atomic E-state index is 0.00264. The van der Waals surface area contributed by atoms with E-state index in [1.54, 1.807) is 25.5 Å². The molecule has 1 aromatic carbocycles. The molecule has 0 aliphatic carbocycles. The number of ether oxygens (including phenoxy) is 2. The van der Waals surface area contributed by atoms with E-state index in [1.165, 1.54) is 0 Å². The largest absolute Gasteiger partial charge is 0.501 e. The molecule has 0 radical (unpaired) electrons. The molecule has 0 N–H and O–H groups in total. The lowest BCUT2D eigenvalue weighted by molar-refractivity contribution is 0.101. The normalized spacial score (nSPS) is 14.9. The highest BCUT2D eigenvalue weighted by atomic mass is 16.5. The van der Waals surface area contributed by atoms with Crippen LogP contribution in [0.4, 0.5) is 0 Å². The number of benzene rings is 1. The summed E-state index contributed by atoms with van der Waals surface area (Å²) in [4.78, 5) is 12.2. The second kappa shape index (κ2) is 4.84. The summed E-state index contributed by atoms with van der Waals surface area (Å²) >= 11 is 0. The van der Waals surface area contributed by atoms with Crippen LogP contribution in [0.25, 0.3) is 0 Å². The third-order valence-corrected chi connectivity index (χ3v) is 2.58. The second-order valence-corrected chi connectivity index (χ2v) is 3.65. The van der Waals surface area contributed by atoms with Crippen LogP contribution in [0.3, 0.4) is 0 Å². The monoisotopic (exact) mass is 218 g/mol. The van der Waals surface area contributed by atoms with Crippen LogP contribution in [0.1, 0.15) is 23.2 Å². The minimum Gasteiger partial charge on any atom is -0.501 e. The van der Waals surface area contributed by atoms with E-state index in [2.05, 4.69) is 0 Å². The van der Waals surface area contributed by atoms with E-state index >= 15 is 0 Å². The van der Waals surface area contributed by atoms with Gasteiger partial charge in [0, 0.05) is 5.57 Å². The third-order valence-electron chi connectivity index (χ3n) is 2.58. The molecular weight excluding hydrogens is 204 g/mol. The van der Waals surface area contributed by atoms with Crippen LogP contribution >= 0.6 is 0 Å². The molecule has 1 aromatic rings. The predicted molar refractivity (Wildman–Crippen MR) is 60.6 cm³/mol. The highest BCUT2D eigenvalue weighted by Crippen LogP contribution is 2.24. The molecule has 0 saturated heterocycles. The van der Waals surface area contributed by atoms with E-state index in [0.29, 0.717) is 17.9 Å². The SMILES string of the molecule is COc1ccccc1C(=O)C1=COCCC1. The summed E-state index contributed by atoms with van der Waals surface area (Å²) in [6.07, 6.45) is 3.24. The fraction of sp³-hybridized carbons (Fsp3) is 0.308. The zero-order valence-electron chi connectivity index (χ0n) is 9.23. The first-order valence-electron chi connectivity index (χ1n) is 5.31. The molecule has 2 rings (SSSR count). The average molecular weight is 218 g/mol. The Hall–Kier alpha value is -1.77. The van der Waals surface area contributed by atoms with Crippen molar-refractivity contribution in [2.24, 2.45) is 0 Å². The summed E-state index contributed by atoms with van der Waals surface area (Å²) in [7, 11) is 1.57. The maximum atomic E-state index is 12.2. The number of methoxy groups -OCH3 is 1. The quantitative estimate of drug-likeness (QED) is 0.731. The summed E-state index contributed by atoms with van der Waals surface area (Å²) in [5.74, 6) is 0.608. The topological polar surface area (TPSA) is 35.5 Å². The predicted octanol–water partition coefficient (Wildman–Crippen LogP) is 2.57. The summed E-state index contributed by atoms with van der Waals surface area (Å²) in [5.41, 5.74) is 1.32. The molecule has 0 fully saturated rings. The van der Waals surface area contributed by atoms with Gasteiger partial charge in [-0.2, -0.15) is 0 Å². The second-order valence-electron chi connectivity index (χ2n) is 3.65. The van der Waals surface area contributed by atoms with Gasteiger partial charge in [-0.3, -0.25) is 4.79 Å². The van der Waals surface area contributed by atoms with E-state index < -0.39 is 0 Å². The molecule has 0 spiro atoms. The summed E-state index contributed by atoms with van der Waals surface area (Å²) in [5, 5.41) is 0. The molecule has 84 valence electrons. The van der Waals surface area contributed by atoms with E-state index in [0.717, 1.165) is 18.4 Å². The van der Waals surface area contributed by atoms with Crippen LogP contribution in [-0.4, -0.2) is 19.5 Å². The standard InChI is InChI=1S/C13H14O3/c1-15-12-7-3-2-6-11(12)13(14)10-5-4-8-16-9-10/h2-3,6-7,9H,4-5,8H2,1H3. The first-order chi connectivity index (χ1) is 7.83. The Bertz CT molecular complexity index is 421. The fourth-order valence-corrected chi connectivity index (χ4v) is 1.74. The van der Waals surface area contributed by atoms with Crippen LogP contribution in [0, 0.1) is 0 Å².